The van der Waals surface area contributed by atoms with Gasteiger partial charge in [0.1, 0.15) is 6.26 Å². The topological polar surface area (TPSA) is 86.0 Å². The summed E-state index contributed by atoms with van der Waals surface area (Å²) in [7, 11) is 1.75. The van der Waals surface area contributed by atoms with Crippen molar-refractivity contribution in [3.05, 3.63) is 53.9 Å². The SMILES string of the molecule is CN=C(NCC(=O)NCCc1ccccc1)N1CCN(Cc2ccon2)CC1. The van der Waals surface area contributed by atoms with Crippen LogP contribution in [0.4, 0.5) is 0 Å². The van der Waals surface area contributed by atoms with Crippen molar-refractivity contribution in [2.45, 2.75) is 13.0 Å². The maximum atomic E-state index is 12.1. The van der Waals surface area contributed by atoms with Crippen molar-refractivity contribution >= 4 is 11.9 Å². The second-order valence-electron chi connectivity index (χ2n) is 6.74. The van der Waals surface area contributed by atoms with E-state index < -0.39 is 0 Å². The van der Waals surface area contributed by atoms with Crippen molar-refractivity contribution in [1.82, 2.24) is 25.6 Å². The molecule has 0 atom stereocenters. The molecule has 150 valence electrons. The highest BCUT2D eigenvalue weighted by Crippen LogP contribution is 2.07. The fourth-order valence-electron chi connectivity index (χ4n) is 3.21. The Balaban J connectivity index is 1.34. The van der Waals surface area contributed by atoms with Gasteiger partial charge in [-0.05, 0) is 12.0 Å². The third-order valence-corrected chi connectivity index (χ3v) is 4.75. The number of nitrogens with zero attached hydrogens (tertiary/aromatic N) is 4. The highest BCUT2D eigenvalue weighted by molar-refractivity contribution is 5.86. The van der Waals surface area contributed by atoms with Gasteiger partial charge in [0.25, 0.3) is 0 Å². The van der Waals surface area contributed by atoms with E-state index in [1.807, 2.05) is 24.3 Å². The summed E-state index contributed by atoms with van der Waals surface area (Å²) in [6.07, 6.45) is 2.43. The molecule has 1 amide bonds. The third-order valence-electron chi connectivity index (χ3n) is 4.75. The molecule has 1 saturated heterocycles. The predicted molar refractivity (Wildman–Crippen MR) is 108 cm³/mol. The smallest absolute Gasteiger partial charge is 0.239 e. The zero-order chi connectivity index (χ0) is 19.6. The predicted octanol–water partition coefficient (Wildman–Crippen LogP) is 0.727. The van der Waals surface area contributed by atoms with Gasteiger partial charge in [0.05, 0.1) is 12.2 Å². The van der Waals surface area contributed by atoms with Gasteiger partial charge in [0.15, 0.2) is 5.96 Å². The maximum absolute atomic E-state index is 12.1. The molecule has 1 fully saturated rings. The number of hydrogen-bond acceptors (Lipinski definition) is 5. The van der Waals surface area contributed by atoms with Crippen molar-refractivity contribution in [3.63, 3.8) is 0 Å². The van der Waals surface area contributed by atoms with Crippen LogP contribution in [0.1, 0.15) is 11.3 Å². The lowest BCUT2D eigenvalue weighted by Crippen LogP contribution is -2.53. The number of rotatable bonds is 7. The number of nitrogens with one attached hydrogen (secondary N) is 2. The van der Waals surface area contributed by atoms with E-state index in [1.54, 1.807) is 13.3 Å². The Morgan fingerprint density at radius 1 is 1.14 bits per heavy atom. The first-order valence-corrected chi connectivity index (χ1v) is 9.62. The van der Waals surface area contributed by atoms with E-state index in [0.717, 1.165) is 50.8 Å². The molecule has 3 rings (SSSR count). The van der Waals surface area contributed by atoms with Gasteiger partial charge in [-0.3, -0.25) is 14.7 Å². The average Bonchev–Trinajstić information content (AvgIpc) is 3.23. The lowest BCUT2D eigenvalue weighted by Gasteiger charge is -2.36. The van der Waals surface area contributed by atoms with Gasteiger partial charge in [0, 0.05) is 52.4 Å². The highest BCUT2D eigenvalue weighted by Gasteiger charge is 2.20. The standard InChI is InChI=1S/C20H28N6O2/c1-21-20(23-15-19(27)22-9-7-17-5-3-2-4-6-17)26-12-10-25(11-13-26)16-18-8-14-28-24-18/h2-6,8,14H,7,9-13,15-16H2,1H3,(H,21,23)(H,22,27). The summed E-state index contributed by atoms with van der Waals surface area (Å²) in [6.45, 7) is 5.18. The molecule has 2 heterocycles. The van der Waals surface area contributed by atoms with Gasteiger partial charge in [0.2, 0.25) is 5.91 Å². The monoisotopic (exact) mass is 384 g/mol. The lowest BCUT2D eigenvalue weighted by atomic mass is 10.1. The molecule has 8 nitrogen and oxygen atoms in total. The van der Waals surface area contributed by atoms with Crippen molar-refractivity contribution in [1.29, 1.82) is 0 Å². The Labute approximate surface area is 165 Å². The molecule has 28 heavy (non-hydrogen) atoms. The Morgan fingerprint density at radius 3 is 2.61 bits per heavy atom. The second-order valence-corrected chi connectivity index (χ2v) is 6.74. The van der Waals surface area contributed by atoms with E-state index in [-0.39, 0.29) is 12.5 Å². The quantitative estimate of drug-likeness (QED) is 0.541. The van der Waals surface area contributed by atoms with E-state index in [4.69, 9.17) is 4.52 Å². The molecule has 1 aliphatic rings. The number of amides is 1. The molecule has 1 aromatic heterocycles. The van der Waals surface area contributed by atoms with Crippen molar-refractivity contribution < 1.29 is 9.32 Å². The summed E-state index contributed by atoms with van der Waals surface area (Å²) in [6, 6.07) is 12.0. The second kappa shape index (κ2) is 10.5. The molecule has 0 aliphatic carbocycles. The van der Waals surface area contributed by atoms with E-state index in [9.17, 15) is 4.79 Å². The Bertz CT molecular complexity index is 739. The fourth-order valence-corrected chi connectivity index (χ4v) is 3.21. The molecule has 1 aliphatic heterocycles. The van der Waals surface area contributed by atoms with Crippen LogP contribution in [-0.4, -0.2) is 73.1 Å². The van der Waals surface area contributed by atoms with Crippen molar-refractivity contribution in [2.75, 3.05) is 46.3 Å². The van der Waals surface area contributed by atoms with Crippen LogP contribution in [-0.2, 0) is 17.8 Å². The van der Waals surface area contributed by atoms with E-state index in [0.29, 0.717) is 6.54 Å². The van der Waals surface area contributed by atoms with Gasteiger partial charge in [-0.15, -0.1) is 0 Å². The summed E-state index contributed by atoms with van der Waals surface area (Å²) in [5.74, 6) is 0.737. The zero-order valence-electron chi connectivity index (χ0n) is 16.3. The Kier molecular flexibility index (Phi) is 7.43. The first-order chi connectivity index (χ1) is 13.7. The molecule has 0 saturated carbocycles. The molecular weight excluding hydrogens is 356 g/mol. The largest absolute Gasteiger partial charge is 0.364 e. The summed E-state index contributed by atoms with van der Waals surface area (Å²) in [4.78, 5) is 20.9. The summed E-state index contributed by atoms with van der Waals surface area (Å²) in [5.41, 5.74) is 2.16. The van der Waals surface area contributed by atoms with Crippen molar-refractivity contribution in [3.8, 4) is 0 Å². The third kappa shape index (κ3) is 6.09. The van der Waals surface area contributed by atoms with Crippen LogP contribution in [0.5, 0.6) is 0 Å². The molecule has 0 radical (unpaired) electrons. The molecule has 2 aromatic rings. The van der Waals surface area contributed by atoms with Crippen LogP contribution >= 0.6 is 0 Å². The molecule has 1 aromatic carbocycles. The Morgan fingerprint density at radius 2 is 1.93 bits per heavy atom. The minimum atomic E-state index is -0.0262. The number of aliphatic imine (C=N–C) groups is 1. The minimum absolute atomic E-state index is 0.0262. The maximum Gasteiger partial charge on any atom is 0.239 e. The fraction of sp³-hybridized carbons (Fsp3) is 0.450. The minimum Gasteiger partial charge on any atom is -0.364 e. The molecular formula is C20H28N6O2. The number of guanidine groups is 1. The van der Waals surface area contributed by atoms with Gasteiger partial charge in [-0.2, -0.15) is 0 Å². The van der Waals surface area contributed by atoms with Gasteiger partial charge in [-0.1, -0.05) is 35.5 Å². The lowest BCUT2D eigenvalue weighted by molar-refractivity contribution is -0.120. The normalized spacial score (nSPS) is 15.5. The van der Waals surface area contributed by atoms with Gasteiger partial charge in [-0.25, -0.2) is 0 Å². The zero-order valence-corrected chi connectivity index (χ0v) is 16.3. The number of aromatic nitrogens is 1. The van der Waals surface area contributed by atoms with Crippen LogP contribution in [0.25, 0.3) is 0 Å². The molecule has 0 bridgehead atoms. The molecule has 2 N–H and O–H groups in total. The number of carbonyl (C=O) groups is 1. The summed E-state index contributed by atoms with van der Waals surface area (Å²) in [5, 5.41) is 10.1. The van der Waals surface area contributed by atoms with E-state index in [2.05, 4.69) is 42.7 Å². The van der Waals surface area contributed by atoms with Gasteiger partial charge < -0.3 is 20.1 Å². The number of hydrogen-bond donors (Lipinski definition) is 2. The molecule has 0 unspecified atom stereocenters. The van der Waals surface area contributed by atoms with Crippen LogP contribution < -0.4 is 10.6 Å². The van der Waals surface area contributed by atoms with Crippen LogP contribution in [0.15, 0.2) is 52.2 Å². The van der Waals surface area contributed by atoms with Gasteiger partial charge >= 0.3 is 0 Å². The van der Waals surface area contributed by atoms with Crippen LogP contribution in [0.3, 0.4) is 0 Å². The molecule has 8 heteroatoms. The Hall–Kier alpha value is -2.87. The molecule has 0 spiro atoms. The number of benzene rings is 1. The van der Waals surface area contributed by atoms with E-state index >= 15 is 0 Å². The summed E-state index contributed by atoms with van der Waals surface area (Å²) >= 11 is 0. The van der Waals surface area contributed by atoms with Crippen molar-refractivity contribution in [2.24, 2.45) is 4.99 Å². The first kappa shape index (κ1) is 19.9. The first-order valence-electron chi connectivity index (χ1n) is 9.62. The summed E-state index contributed by atoms with van der Waals surface area (Å²) < 4.78 is 4.89. The van der Waals surface area contributed by atoms with Crippen LogP contribution in [0, 0.1) is 0 Å². The highest BCUT2D eigenvalue weighted by atomic mass is 16.5. The van der Waals surface area contributed by atoms with Crippen LogP contribution in [0.2, 0.25) is 0 Å². The number of piperazine rings is 1. The van der Waals surface area contributed by atoms with E-state index in [1.165, 1.54) is 5.56 Å². The number of carbonyl (C=O) groups excluding carboxylic acids is 1. The average molecular weight is 384 g/mol.